The number of alkyl carbamates (subject to hydrolysis) is 1. The van der Waals surface area contributed by atoms with E-state index in [4.69, 9.17) is 21.1 Å². The average molecular weight is 662 g/mol. The molecular weight excluding hydrogens is 625 g/mol. The van der Waals surface area contributed by atoms with Crippen molar-refractivity contribution in [3.05, 3.63) is 131 Å². The Labute approximate surface area is 278 Å². The molecule has 0 unspecified atom stereocenters. The van der Waals surface area contributed by atoms with Crippen LogP contribution in [-0.2, 0) is 20.7 Å². The molecule has 7 nitrogen and oxygen atoms in total. The van der Waals surface area contributed by atoms with Crippen LogP contribution in [0, 0.1) is 5.82 Å². The van der Waals surface area contributed by atoms with Gasteiger partial charge in [-0.15, -0.1) is 11.8 Å². The van der Waals surface area contributed by atoms with Gasteiger partial charge in [-0.3, -0.25) is 4.79 Å². The van der Waals surface area contributed by atoms with Crippen molar-refractivity contribution in [2.75, 3.05) is 31.3 Å². The fraction of sp³-hybridized carbons (Fsp3) is 0.278. The second kappa shape index (κ2) is 16.6. The van der Waals surface area contributed by atoms with Crippen LogP contribution in [0.4, 0.5) is 14.9 Å². The summed E-state index contributed by atoms with van der Waals surface area (Å²) in [5, 5.41) is 9.79. The molecule has 4 aromatic carbocycles. The summed E-state index contributed by atoms with van der Waals surface area (Å²) in [5.74, 6) is -0.686. The zero-order valence-corrected chi connectivity index (χ0v) is 27.0. The van der Waals surface area contributed by atoms with Gasteiger partial charge in [-0.05, 0) is 60.4 Å². The molecule has 1 fully saturated rings. The van der Waals surface area contributed by atoms with E-state index in [1.165, 1.54) is 13.2 Å². The molecule has 0 spiro atoms. The lowest BCUT2D eigenvalue weighted by Gasteiger charge is -2.31. The van der Waals surface area contributed by atoms with Crippen LogP contribution >= 0.6 is 23.4 Å². The third-order valence-electron chi connectivity index (χ3n) is 7.86. The SMILES string of the molecule is COC(=O)N[C@H](C(=O)Nc1cccc(F)c1CC[C@@H]1CNC[C@@H](CSc2ccc(Cl)cc2)O1)C(c1ccccc1)c1ccccc1. The van der Waals surface area contributed by atoms with Gasteiger partial charge in [-0.1, -0.05) is 78.3 Å². The lowest BCUT2D eigenvalue weighted by Crippen LogP contribution is -2.48. The molecule has 3 N–H and O–H groups in total. The number of hydrogen-bond donors (Lipinski definition) is 3. The maximum atomic E-state index is 15.3. The third kappa shape index (κ3) is 9.10. The van der Waals surface area contributed by atoms with Crippen LogP contribution in [0.25, 0.3) is 0 Å². The van der Waals surface area contributed by atoms with Gasteiger partial charge >= 0.3 is 6.09 Å². The minimum Gasteiger partial charge on any atom is -0.453 e. The molecule has 4 aromatic rings. The summed E-state index contributed by atoms with van der Waals surface area (Å²) in [6, 6.07) is 30.2. The number of benzene rings is 4. The van der Waals surface area contributed by atoms with Crippen molar-refractivity contribution in [1.29, 1.82) is 0 Å². The van der Waals surface area contributed by atoms with E-state index in [0.717, 1.165) is 28.3 Å². The largest absolute Gasteiger partial charge is 0.453 e. The van der Waals surface area contributed by atoms with Crippen molar-refractivity contribution in [3.8, 4) is 0 Å². The Kier molecular flexibility index (Phi) is 12.1. The number of ether oxygens (including phenoxy) is 2. The summed E-state index contributed by atoms with van der Waals surface area (Å²) in [7, 11) is 1.25. The highest BCUT2D eigenvalue weighted by Crippen LogP contribution is 2.31. The normalized spacial score (nSPS) is 16.9. The first kappa shape index (κ1) is 33.5. The molecule has 10 heteroatoms. The highest BCUT2D eigenvalue weighted by molar-refractivity contribution is 7.99. The van der Waals surface area contributed by atoms with E-state index in [2.05, 4.69) is 16.0 Å². The summed E-state index contributed by atoms with van der Waals surface area (Å²) in [6.45, 7) is 1.38. The van der Waals surface area contributed by atoms with Crippen molar-refractivity contribution in [3.63, 3.8) is 0 Å². The smallest absolute Gasteiger partial charge is 0.407 e. The Hall–Kier alpha value is -3.89. The second-order valence-electron chi connectivity index (χ2n) is 11.0. The molecule has 1 aliphatic rings. The standard InChI is InChI=1S/C36H37ClFN3O4S/c1-44-36(43)41-34(33(24-9-4-2-5-10-24)25-11-6-3-7-12-25)35(42)40-32-14-8-13-31(38)30(32)20-17-27-21-39-22-28(45-27)23-46-29-18-15-26(37)16-19-29/h2-16,18-19,27-28,33-34,39H,17,20-23H2,1H3,(H,40,42)(H,41,43)/t27-,28+,34+/m1/s1. The van der Waals surface area contributed by atoms with Crippen molar-refractivity contribution in [2.24, 2.45) is 0 Å². The number of halogens is 2. The van der Waals surface area contributed by atoms with Crippen LogP contribution in [-0.4, -0.2) is 56.2 Å². The van der Waals surface area contributed by atoms with Crippen LogP contribution < -0.4 is 16.0 Å². The van der Waals surface area contributed by atoms with E-state index in [-0.39, 0.29) is 12.2 Å². The van der Waals surface area contributed by atoms with Crippen LogP contribution in [0.5, 0.6) is 0 Å². The van der Waals surface area contributed by atoms with Gasteiger partial charge in [0, 0.05) is 45.9 Å². The minimum atomic E-state index is -1.06. The van der Waals surface area contributed by atoms with Gasteiger partial charge in [-0.2, -0.15) is 0 Å². The van der Waals surface area contributed by atoms with E-state index < -0.39 is 29.8 Å². The fourth-order valence-electron chi connectivity index (χ4n) is 5.59. The van der Waals surface area contributed by atoms with Crippen LogP contribution in [0.3, 0.4) is 0 Å². The van der Waals surface area contributed by atoms with E-state index in [9.17, 15) is 9.59 Å². The quantitative estimate of drug-likeness (QED) is 0.141. The molecule has 3 atom stereocenters. The second-order valence-corrected chi connectivity index (χ2v) is 12.5. The van der Waals surface area contributed by atoms with E-state index >= 15 is 4.39 Å². The number of carbonyl (C=O) groups is 2. The van der Waals surface area contributed by atoms with Gasteiger partial charge < -0.3 is 25.4 Å². The maximum absolute atomic E-state index is 15.3. The number of methoxy groups -OCH3 is 1. The number of amides is 2. The molecule has 46 heavy (non-hydrogen) atoms. The van der Waals surface area contributed by atoms with Crippen molar-refractivity contribution >= 4 is 41.1 Å². The Morgan fingerprint density at radius 1 is 0.935 bits per heavy atom. The minimum absolute atomic E-state index is 0.00252. The van der Waals surface area contributed by atoms with Gasteiger partial charge in [0.1, 0.15) is 11.9 Å². The zero-order valence-electron chi connectivity index (χ0n) is 25.5. The molecule has 0 aromatic heterocycles. The average Bonchev–Trinajstić information content (AvgIpc) is 3.08. The van der Waals surface area contributed by atoms with E-state index in [1.54, 1.807) is 23.9 Å². The lowest BCUT2D eigenvalue weighted by atomic mass is 9.84. The topological polar surface area (TPSA) is 88.7 Å². The molecule has 0 aliphatic carbocycles. The molecule has 240 valence electrons. The number of hydrogen-bond acceptors (Lipinski definition) is 6. The number of morpholine rings is 1. The number of nitrogens with one attached hydrogen (secondary N) is 3. The molecule has 1 heterocycles. The number of anilines is 1. The summed E-state index contributed by atoms with van der Waals surface area (Å²) >= 11 is 7.71. The molecule has 2 amide bonds. The van der Waals surface area contributed by atoms with Crippen molar-refractivity contribution in [1.82, 2.24) is 10.6 Å². The third-order valence-corrected chi connectivity index (χ3v) is 9.26. The monoisotopic (exact) mass is 661 g/mol. The first-order chi connectivity index (χ1) is 22.4. The lowest BCUT2D eigenvalue weighted by molar-refractivity contribution is -0.118. The molecule has 1 saturated heterocycles. The first-order valence-corrected chi connectivity index (χ1v) is 16.5. The zero-order chi connectivity index (χ0) is 32.3. The highest BCUT2D eigenvalue weighted by atomic mass is 35.5. The number of rotatable bonds is 12. The van der Waals surface area contributed by atoms with Gasteiger partial charge in [0.05, 0.1) is 19.3 Å². The van der Waals surface area contributed by atoms with Gasteiger partial charge in [-0.25, -0.2) is 9.18 Å². The van der Waals surface area contributed by atoms with E-state index in [0.29, 0.717) is 35.7 Å². The van der Waals surface area contributed by atoms with Crippen LogP contribution in [0.1, 0.15) is 29.0 Å². The Bertz CT molecular complexity index is 1540. The molecule has 5 rings (SSSR count). The summed E-state index contributed by atoms with van der Waals surface area (Å²) in [4.78, 5) is 27.7. The van der Waals surface area contributed by atoms with E-state index in [1.807, 2.05) is 84.9 Å². The van der Waals surface area contributed by atoms with Crippen molar-refractivity contribution < 1.29 is 23.5 Å². The predicted molar refractivity (Wildman–Crippen MR) is 181 cm³/mol. The molecule has 0 bridgehead atoms. The highest BCUT2D eigenvalue weighted by Gasteiger charge is 2.33. The van der Waals surface area contributed by atoms with Crippen molar-refractivity contribution in [2.45, 2.75) is 41.9 Å². The van der Waals surface area contributed by atoms with Gasteiger partial charge in [0.2, 0.25) is 5.91 Å². The maximum Gasteiger partial charge on any atom is 0.407 e. The molecular formula is C36H37ClFN3O4S. The summed E-state index contributed by atoms with van der Waals surface area (Å²) in [6.07, 6.45) is 0.0301. The number of carbonyl (C=O) groups excluding carboxylic acids is 2. The molecule has 1 aliphatic heterocycles. The van der Waals surface area contributed by atoms with Crippen LogP contribution in [0.2, 0.25) is 5.02 Å². The van der Waals surface area contributed by atoms with Gasteiger partial charge in [0.25, 0.3) is 0 Å². The Morgan fingerprint density at radius 2 is 1.59 bits per heavy atom. The van der Waals surface area contributed by atoms with Gasteiger partial charge in [0.15, 0.2) is 0 Å². The summed E-state index contributed by atoms with van der Waals surface area (Å²) < 4.78 is 26.6. The number of thioether (sulfide) groups is 1. The molecule has 0 saturated carbocycles. The molecule has 0 radical (unpaired) electrons. The first-order valence-electron chi connectivity index (χ1n) is 15.2. The summed E-state index contributed by atoms with van der Waals surface area (Å²) in [5.41, 5.74) is 2.39. The Morgan fingerprint density at radius 3 is 2.24 bits per heavy atom. The fourth-order valence-corrected chi connectivity index (χ4v) is 6.62. The predicted octanol–water partition coefficient (Wildman–Crippen LogP) is 7.06. The van der Waals surface area contributed by atoms with Crippen LogP contribution in [0.15, 0.2) is 108 Å². The Balaban J connectivity index is 1.30.